The van der Waals surface area contributed by atoms with Crippen LogP contribution in [0.4, 0.5) is 0 Å². The number of aliphatic hydroxyl groups excluding tert-OH is 1. The number of piperidine rings is 1. The van der Waals surface area contributed by atoms with Gasteiger partial charge >= 0.3 is 0 Å². The van der Waals surface area contributed by atoms with E-state index in [1.807, 2.05) is 6.92 Å². The van der Waals surface area contributed by atoms with E-state index in [0.29, 0.717) is 30.3 Å². The van der Waals surface area contributed by atoms with Crippen molar-refractivity contribution < 1.29 is 14.6 Å². The average Bonchev–Trinajstić information content (AvgIpc) is 2.44. The first-order chi connectivity index (χ1) is 9.88. The van der Waals surface area contributed by atoms with E-state index in [1.165, 1.54) is 0 Å². The Morgan fingerprint density at radius 2 is 2.29 bits per heavy atom. The number of hydrogen-bond donors (Lipinski definition) is 1. The van der Waals surface area contributed by atoms with Crippen LogP contribution in [0, 0.1) is 5.92 Å². The summed E-state index contributed by atoms with van der Waals surface area (Å²) in [4.78, 5) is 14.2. The van der Waals surface area contributed by atoms with Gasteiger partial charge in [0.15, 0.2) is 6.10 Å². The van der Waals surface area contributed by atoms with E-state index in [1.54, 1.807) is 30.0 Å². The Hall–Kier alpha value is -0.780. The van der Waals surface area contributed by atoms with Crippen LogP contribution in [0.2, 0.25) is 5.02 Å². The fourth-order valence-electron chi connectivity index (χ4n) is 2.40. The third-order valence-corrected chi connectivity index (χ3v) is 4.57. The lowest BCUT2D eigenvalue weighted by molar-refractivity contribution is -0.141. The minimum absolute atomic E-state index is 0.0596. The van der Waals surface area contributed by atoms with Gasteiger partial charge in [-0.25, -0.2) is 0 Å². The summed E-state index contributed by atoms with van der Waals surface area (Å²) in [6.45, 7) is 4.82. The zero-order valence-corrected chi connectivity index (χ0v) is 14.4. The van der Waals surface area contributed by atoms with Gasteiger partial charge < -0.3 is 14.7 Å². The van der Waals surface area contributed by atoms with Crippen molar-refractivity contribution in [3.05, 3.63) is 27.7 Å². The number of amides is 1. The van der Waals surface area contributed by atoms with E-state index in [4.69, 9.17) is 16.3 Å². The molecular weight excluding hydrogens is 358 g/mol. The molecule has 2 rings (SSSR count). The number of halogens is 2. The van der Waals surface area contributed by atoms with Crippen molar-refractivity contribution in [2.45, 2.75) is 32.5 Å². The van der Waals surface area contributed by atoms with Gasteiger partial charge in [-0.05, 0) is 53.4 Å². The molecule has 3 atom stereocenters. The van der Waals surface area contributed by atoms with E-state index in [9.17, 15) is 9.90 Å². The maximum atomic E-state index is 12.4. The van der Waals surface area contributed by atoms with Gasteiger partial charge in [0.25, 0.3) is 5.91 Å². The molecule has 3 unspecified atom stereocenters. The summed E-state index contributed by atoms with van der Waals surface area (Å²) in [5.41, 5.74) is 0. The Labute approximate surface area is 138 Å². The second kappa shape index (κ2) is 6.99. The Bertz CT molecular complexity index is 526. The minimum atomic E-state index is -0.579. The van der Waals surface area contributed by atoms with Crippen LogP contribution in [0.25, 0.3) is 0 Å². The first-order valence-corrected chi connectivity index (χ1v) is 8.14. The van der Waals surface area contributed by atoms with Crippen molar-refractivity contribution >= 4 is 33.4 Å². The molecule has 1 aromatic carbocycles. The highest BCUT2D eigenvalue weighted by molar-refractivity contribution is 9.10. The van der Waals surface area contributed by atoms with Crippen LogP contribution in [-0.2, 0) is 4.79 Å². The summed E-state index contributed by atoms with van der Waals surface area (Å²) in [7, 11) is 0. The molecule has 1 aliphatic rings. The van der Waals surface area contributed by atoms with Gasteiger partial charge in [-0.15, -0.1) is 0 Å². The number of aliphatic hydroxyl groups is 1. The highest BCUT2D eigenvalue weighted by Gasteiger charge is 2.30. The molecular formula is C15H19BrClNO3. The third-order valence-electron chi connectivity index (χ3n) is 3.72. The summed E-state index contributed by atoms with van der Waals surface area (Å²) in [5, 5.41) is 10.3. The van der Waals surface area contributed by atoms with Crippen LogP contribution in [0.15, 0.2) is 22.7 Å². The lowest BCUT2D eigenvalue weighted by atomic mass is 9.96. The third kappa shape index (κ3) is 4.11. The molecule has 1 amide bonds. The summed E-state index contributed by atoms with van der Waals surface area (Å²) >= 11 is 9.25. The van der Waals surface area contributed by atoms with Crippen molar-refractivity contribution in [1.82, 2.24) is 4.90 Å². The molecule has 116 valence electrons. The molecule has 6 heteroatoms. The number of ether oxygens (including phenoxy) is 1. The minimum Gasteiger partial charge on any atom is -0.480 e. The topological polar surface area (TPSA) is 49.8 Å². The number of likely N-dealkylation sites (tertiary alicyclic amines) is 1. The van der Waals surface area contributed by atoms with Crippen molar-refractivity contribution in [1.29, 1.82) is 0 Å². The Balaban J connectivity index is 1.99. The lowest BCUT2D eigenvalue weighted by Gasteiger charge is -2.35. The van der Waals surface area contributed by atoms with Crippen molar-refractivity contribution in [2.24, 2.45) is 5.92 Å². The number of rotatable bonds is 3. The molecule has 1 aliphatic heterocycles. The predicted molar refractivity (Wildman–Crippen MR) is 85.6 cm³/mol. The van der Waals surface area contributed by atoms with Crippen LogP contribution < -0.4 is 4.74 Å². The number of hydrogen-bond acceptors (Lipinski definition) is 3. The molecule has 1 saturated heterocycles. The SMILES string of the molecule is CC(Oc1ccc(Cl)cc1Br)C(=O)N1CCC(O)C(C)C1. The fraction of sp³-hybridized carbons (Fsp3) is 0.533. The number of carbonyl (C=O) groups is 1. The van der Waals surface area contributed by atoms with E-state index in [-0.39, 0.29) is 17.9 Å². The Morgan fingerprint density at radius 3 is 2.90 bits per heavy atom. The van der Waals surface area contributed by atoms with Gasteiger partial charge in [0, 0.05) is 18.1 Å². The molecule has 21 heavy (non-hydrogen) atoms. The van der Waals surface area contributed by atoms with E-state index >= 15 is 0 Å². The van der Waals surface area contributed by atoms with Gasteiger partial charge in [0.1, 0.15) is 5.75 Å². The second-order valence-electron chi connectivity index (χ2n) is 5.45. The van der Waals surface area contributed by atoms with Gasteiger partial charge in [0.2, 0.25) is 0 Å². The molecule has 1 fully saturated rings. The predicted octanol–water partition coefficient (Wildman–Crippen LogP) is 3.10. The lowest BCUT2D eigenvalue weighted by Crippen LogP contribution is -2.49. The van der Waals surface area contributed by atoms with Crippen LogP contribution in [0.3, 0.4) is 0 Å². The van der Waals surface area contributed by atoms with Crippen LogP contribution in [0.1, 0.15) is 20.3 Å². The maximum Gasteiger partial charge on any atom is 0.263 e. The van der Waals surface area contributed by atoms with E-state index in [2.05, 4.69) is 15.9 Å². The normalized spacial score (nSPS) is 23.8. The highest BCUT2D eigenvalue weighted by Crippen LogP contribution is 2.29. The highest BCUT2D eigenvalue weighted by atomic mass is 79.9. The molecule has 4 nitrogen and oxygen atoms in total. The summed E-state index contributed by atoms with van der Waals surface area (Å²) in [6.07, 6.45) is -0.287. The molecule has 0 radical (unpaired) electrons. The smallest absolute Gasteiger partial charge is 0.263 e. The molecule has 0 spiro atoms. The molecule has 1 heterocycles. The largest absolute Gasteiger partial charge is 0.480 e. The van der Waals surface area contributed by atoms with Crippen LogP contribution in [-0.4, -0.2) is 41.2 Å². The summed E-state index contributed by atoms with van der Waals surface area (Å²) in [6, 6.07) is 5.18. The summed E-state index contributed by atoms with van der Waals surface area (Å²) < 4.78 is 6.44. The van der Waals surface area contributed by atoms with Crippen molar-refractivity contribution in [3.63, 3.8) is 0 Å². The Kier molecular flexibility index (Phi) is 5.52. The van der Waals surface area contributed by atoms with Gasteiger partial charge in [-0.2, -0.15) is 0 Å². The number of carbonyl (C=O) groups excluding carboxylic acids is 1. The van der Waals surface area contributed by atoms with E-state index in [0.717, 1.165) is 4.47 Å². The van der Waals surface area contributed by atoms with Gasteiger partial charge in [-0.1, -0.05) is 18.5 Å². The summed E-state index contributed by atoms with van der Waals surface area (Å²) in [5.74, 6) is 0.623. The standard InChI is InChI=1S/C15H19BrClNO3/c1-9-8-18(6-5-13(9)19)15(20)10(2)21-14-4-3-11(17)7-12(14)16/h3-4,7,9-10,13,19H,5-6,8H2,1-2H3. The molecule has 0 bridgehead atoms. The quantitative estimate of drug-likeness (QED) is 0.882. The van der Waals surface area contributed by atoms with Crippen molar-refractivity contribution in [2.75, 3.05) is 13.1 Å². The second-order valence-corrected chi connectivity index (χ2v) is 6.74. The van der Waals surface area contributed by atoms with Gasteiger partial charge in [0.05, 0.1) is 10.6 Å². The van der Waals surface area contributed by atoms with Crippen molar-refractivity contribution in [3.8, 4) is 5.75 Å². The first kappa shape index (κ1) is 16.6. The molecule has 0 aliphatic carbocycles. The maximum absolute atomic E-state index is 12.4. The Morgan fingerprint density at radius 1 is 1.57 bits per heavy atom. The molecule has 1 aromatic rings. The van der Waals surface area contributed by atoms with Gasteiger partial charge in [-0.3, -0.25) is 4.79 Å². The molecule has 1 N–H and O–H groups in total. The zero-order chi connectivity index (χ0) is 15.6. The average molecular weight is 377 g/mol. The molecule has 0 saturated carbocycles. The number of benzene rings is 1. The van der Waals surface area contributed by atoms with Crippen LogP contribution in [0.5, 0.6) is 5.75 Å². The number of nitrogens with zero attached hydrogens (tertiary/aromatic N) is 1. The fourth-order valence-corrected chi connectivity index (χ4v) is 3.18. The molecule has 0 aromatic heterocycles. The first-order valence-electron chi connectivity index (χ1n) is 6.97. The zero-order valence-electron chi connectivity index (χ0n) is 12.1. The van der Waals surface area contributed by atoms with Crippen LogP contribution >= 0.6 is 27.5 Å². The van der Waals surface area contributed by atoms with E-state index < -0.39 is 6.10 Å². The monoisotopic (exact) mass is 375 g/mol.